The van der Waals surface area contributed by atoms with Crippen LogP contribution in [0.3, 0.4) is 0 Å². The van der Waals surface area contributed by atoms with Gasteiger partial charge < -0.3 is 14.4 Å². The second-order valence-electron chi connectivity index (χ2n) is 8.15. The summed E-state index contributed by atoms with van der Waals surface area (Å²) in [4.78, 5) is 20.0. The van der Waals surface area contributed by atoms with Crippen LogP contribution in [0.25, 0.3) is 22.2 Å². The van der Waals surface area contributed by atoms with E-state index in [1.54, 1.807) is 49.5 Å². The Bertz CT molecular complexity index is 1290. The number of ether oxygens (including phenoxy) is 2. The standard InChI is InChI=1S/C28H27FN2O3/c1-19-4-6-20(7-5-19)27-23(16-22-8-11-24(29)17-26(22)30-27)18-31(14-15-33-2)28(32)21-9-12-25(34-3)13-10-21/h4-13,16-17H,14-15,18H2,1-3H3. The van der Waals surface area contributed by atoms with E-state index in [-0.39, 0.29) is 11.7 Å². The van der Waals surface area contributed by atoms with Gasteiger partial charge in [-0.2, -0.15) is 0 Å². The summed E-state index contributed by atoms with van der Waals surface area (Å²) in [5.41, 5.74) is 4.78. The molecule has 3 aromatic carbocycles. The topological polar surface area (TPSA) is 51.7 Å². The Morgan fingerprint density at radius 1 is 0.971 bits per heavy atom. The fraction of sp³-hybridized carbons (Fsp3) is 0.214. The van der Waals surface area contributed by atoms with Crippen molar-refractivity contribution in [2.45, 2.75) is 13.5 Å². The van der Waals surface area contributed by atoms with Crippen LogP contribution < -0.4 is 4.74 Å². The third-order valence-corrected chi connectivity index (χ3v) is 5.73. The summed E-state index contributed by atoms with van der Waals surface area (Å²) >= 11 is 0. The fourth-order valence-corrected chi connectivity index (χ4v) is 3.84. The Balaban J connectivity index is 1.76. The molecular formula is C28H27FN2O3. The molecule has 0 saturated heterocycles. The Labute approximate surface area is 198 Å². The van der Waals surface area contributed by atoms with Gasteiger partial charge in [0.2, 0.25) is 0 Å². The molecule has 174 valence electrons. The summed E-state index contributed by atoms with van der Waals surface area (Å²) in [6.07, 6.45) is 0. The van der Waals surface area contributed by atoms with Gasteiger partial charge in [0.05, 0.1) is 24.9 Å². The molecule has 5 nitrogen and oxygen atoms in total. The van der Waals surface area contributed by atoms with E-state index in [0.29, 0.717) is 36.5 Å². The lowest BCUT2D eigenvalue weighted by Gasteiger charge is -2.24. The number of nitrogens with zero attached hydrogens (tertiary/aromatic N) is 2. The normalized spacial score (nSPS) is 10.9. The highest BCUT2D eigenvalue weighted by molar-refractivity contribution is 5.94. The molecule has 4 rings (SSSR count). The molecule has 0 atom stereocenters. The van der Waals surface area contributed by atoms with Crippen molar-refractivity contribution in [2.24, 2.45) is 0 Å². The molecule has 0 N–H and O–H groups in total. The van der Waals surface area contributed by atoms with Gasteiger partial charge in [-0.3, -0.25) is 4.79 Å². The molecule has 1 heterocycles. The predicted molar refractivity (Wildman–Crippen MR) is 131 cm³/mol. The summed E-state index contributed by atoms with van der Waals surface area (Å²) in [7, 11) is 3.20. The number of halogens is 1. The highest BCUT2D eigenvalue weighted by Gasteiger charge is 2.19. The van der Waals surface area contributed by atoms with Crippen molar-refractivity contribution < 1.29 is 18.7 Å². The van der Waals surface area contributed by atoms with Crippen LogP contribution in [0.2, 0.25) is 0 Å². The molecule has 6 heteroatoms. The Kier molecular flexibility index (Phi) is 7.18. The molecular weight excluding hydrogens is 431 g/mol. The molecule has 1 aromatic heterocycles. The van der Waals surface area contributed by atoms with Crippen LogP contribution in [0.15, 0.2) is 72.8 Å². The van der Waals surface area contributed by atoms with E-state index < -0.39 is 0 Å². The molecule has 0 aliphatic rings. The lowest BCUT2D eigenvalue weighted by Crippen LogP contribution is -2.33. The van der Waals surface area contributed by atoms with Gasteiger partial charge >= 0.3 is 0 Å². The minimum atomic E-state index is -0.334. The molecule has 0 aliphatic heterocycles. The smallest absolute Gasteiger partial charge is 0.254 e. The summed E-state index contributed by atoms with van der Waals surface area (Å²) in [6, 6.07) is 21.6. The SMILES string of the molecule is COCCN(Cc1cc2ccc(F)cc2nc1-c1ccc(C)cc1)C(=O)c1ccc(OC)cc1. The zero-order chi connectivity index (χ0) is 24.1. The second-order valence-corrected chi connectivity index (χ2v) is 8.15. The van der Waals surface area contributed by atoms with E-state index in [4.69, 9.17) is 14.5 Å². The Morgan fingerprint density at radius 3 is 2.38 bits per heavy atom. The Hall–Kier alpha value is -3.77. The molecule has 0 radical (unpaired) electrons. The van der Waals surface area contributed by atoms with Gasteiger partial charge in [0.25, 0.3) is 5.91 Å². The number of carbonyl (C=O) groups excluding carboxylic acids is 1. The van der Waals surface area contributed by atoms with E-state index in [2.05, 4.69) is 0 Å². The van der Waals surface area contributed by atoms with Gasteiger partial charge in [-0.1, -0.05) is 29.8 Å². The second kappa shape index (κ2) is 10.4. The van der Waals surface area contributed by atoms with Crippen molar-refractivity contribution in [1.82, 2.24) is 9.88 Å². The highest BCUT2D eigenvalue weighted by Crippen LogP contribution is 2.28. The third-order valence-electron chi connectivity index (χ3n) is 5.73. The van der Waals surface area contributed by atoms with E-state index in [1.165, 1.54) is 12.1 Å². The number of rotatable bonds is 8. The summed E-state index contributed by atoms with van der Waals surface area (Å²) in [6.45, 7) is 3.16. The van der Waals surface area contributed by atoms with Crippen molar-refractivity contribution in [2.75, 3.05) is 27.4 Å². The number of methoxy groups -OCH3 is 2. The van der Waals surface area contributed by atoms with E-state index >= 15 is 0 Å². The molecule has 0 aliphatic carbocycles. The minimum absolute atomic E-state index is 0.117. The van der Waals surface area contributed by atoms with Crippen LogP contribution in [0.4, 0.5) is 4.39 Å². The van der Waals surface area contributed by atoms with Crippen LogP contribution in [-0.4, -0.2) is 43.2 Å². The number of fused-ring (bicyclic) bond motifs is 1. The minimum Gasteiger partial charge on any atom is -0.497 e. The number of pyridine rings is 1. The van der Waals surface area contributed by atoms with Crippen LogP contribution in [0.5, 0.6) is 5.75 Å². The van der Waals surface area contributed by atoms with E-state index in [9.17, 15) is 9.18 Å². The van der Waals surface area contributed by atoms with Crippen molar-refractivity contribution in [3.8, 4) is 17.0 Å². The quantitative estimate of drug-likeness (QED) is 0.343. The molecule has 1 amide bonds. The largest absolute Gasteiger partial charge is 0.497 e. The van der Waals surface area contributed by atoms with Crippen molar-refractivity contribution in [3.05, 3.63) is 95.3 Å². The van der Waals surface area contributed by atoms with Gasteiger partial charge in [0.15, 0.2) is 0 Å². The first kappa shape index (κ1) is 23.4. The highest BCUT2D eigenvalue weighted by atomic mass is 19.1. The molecule has 0 spiro atoms. The molecule has 0 fully saturated rings. The van der Waals surface area contributed by atoms with Crippen LogP contribution >= 0.6 is 0 Å². The fourth-order valence-electron chi connectivity index (χ4n) is 3.84. The number of carbonyl (C=O) groups is 1. The molecule has 4 aromatic rings. The third kappa shape index (κ3) is 5.24. The first-order valence-corrected chi connectivity index (χ1v) is 11.1. The first-order valence-electron chi connectivity index (χ1n) is 11.1. The average Bonchev–Trinajstić information content (AvgIpc) is 2.86. The average molecular weight is 459 g/mol. The maximum atomic E-state index is 13.9. The molecule has 0 unspecified atom stereocenters. The zero-order valence-electron chi connectivity index (χ0n) is 19.5. The number of aryl methyl sites for hydroxylation is 1. The molecule has 34 heavy (non-hydrogen) atoms. The van der Waals surface area contributed by atoms with Gasteiger partial charge in [-0.05, 0) is 55.0 Å². The number of aromatic nitrogens is 1. The summed E-state index contributed by atoms with van der Waals surface area (Å²) < 4.78 is 24.4. The maximum Gasteiger partial charge on any atom is 0.254 e. The monoisotopic (exact) mass is 458 g/mol. The predicted octanol–water partition coefficient (Wildman–Crippen LogP) is 5.65. The van der Waals surface area contributed by atoms with Gasteiger partial charge in [0.1, 0.15) is 11.6 Å². The molecule has 0 bridgehead atoms. The van der Waals surface area contributed by atoms with E-state index in [1.807, 2.05) is 37.3 Å². The maximum absolute atomic E-state index is 13.9. The number of hydrogen-bond acceptors (Lipinski definition) is 4. The van der Waals surface area contributed by atoms with Gasteiger partial charge in [0, 0.05) is 42.8 Å². The van der Waals surface area contributed by atoms with Gasteiger partial charge in [-0.25, -0.2) is 9.37 Å². The number of hydrogen-bond donors (Lipinski definition) is 0. The van der Waals surface area contributed by atoms with Crippen LogP contribution in [0.1, 0.15) is 21.5 Å². The van der Waals surface area contributed by atoms with Crippen molar-refractivity contribution in [3.63, 3.8) is 0 Å². The number of benzene rings is 3. The number of amides is 1. The first-order chi connectivity index (χ1) is 16.5. The lowest BCUT2D eigenvalue weighted by molar-refractivity contribution is 0.0680. The van der Waals surface area contributed by atoms with Gasteiger partial charge in [-0.15, -0.1) is 0 Å². The molecule has 0 saturated carbocycles. The summed E-state index contributed by atoms with van der Waals surface area (Å²) in [5.74, 6) is 0.236. The van der Waals surface area contributed by atoms with Crippen LogP contribution in [-0.2, 0) is 11.3 Å². The van der Waals surface area contributed by atoms with Crippen molar-refractivity contribution >= 4 is 16.8 Å². The summed E-state index contributed by atoms with van der Waals surface area (Å²) in [5, 5.41) is 0.816. The zero-order valence-corrected chi connectivity index (χ0v) is 19.5. The van der Waals surface area contributed by atoms with Crippen molar-refractivity contribution in [1.29, 1.82) is 0 Å². The van der Waals surface area contributed by atoms with Crippen LogP contribution in [0, 0.1) is 12.7 Å². The Morgan fingerprint density at radius 2 is 1.71 bits per heavy atom. The van der Waals surface area contributed by atoms with E-state index in [0.717, 1.165) is 27.8 Å². The lowest BCUT2D eigenvalue weighted by atomic mass is 10.0.